The van der Waals surface area contributed by atoms with E-state index in [1.165, 1.54) is 11.3 Å². The first-order valence-corrected chi connectivity index (χ1v) is 6.75. The van der Waals surface area contributed by atoms with Gasteiger partial charge < -0.3 is 4.74 Å². The van der Waals surface area contributed by atoms with E-state index in [1.807, 2.05) is 24.3 Å². The highest BCUT2D eigenvalue weighted by atomic mass is 79.9. The van der Waals surface area contributed by atoms with Gasteiger partial charge in [-0.2, -0.15) is 0 Å². The minimum Gasteiger partial charge on any atom is -0.388 e. The second-order valence-corrected chi connectivity index (χ2v) is 5.65. The number of rotatable bonds is 1. The topological polar surface area (TPSA) is 56.3 Å². The molecule has 0 saturated heterocycles. The first-order valence-electron chi connectivity index (χ1n) is 5.15. The van der Waals surface area contributed by atoms with Crippen molar-refractivity contribution in [2.75, 3.05) is 0 Å². The molecule has 0 unspecified atom stereocenters. The van der Waals surface area contributed by atoms with E-state index >= 15 is 0 Å². The Morgan fingerprint density at radius 3 is 2.83 bits per heavy atom. The summed E-state index contributed by atoms with van der Waals surface area (Å²) in [5, 5.41) is 0.708. The van der Waals surface area contributed by atoms with Gasteiger partial charge in [-0.05, 0) is 6.07 Å². The predicted octanol–water partition coefficient (Wildman–Crippen LogP) is 2.81. The Hall–Kier alpha value is -1.53. The van der Waals surface area contributed by atoms with Crippen LogP contribution in [0.5, 0.6) is 0 Å². The highest BCUT2D eigenvalue weighted by Gasteiger charge is 2.29. The Morgan fingerprint density at radius 1 is 1.28 bits per heavy atom. The minimum absolute atomic E-state index is 0.114. The molecule has 18 heavy (non-hydrogen) atoms. The molecule has 90 valence electrons. The Kier molecular flexibility index (Phi) is 2.76. The zero-order chi connectivity index (χ0) is 12.7. The van der Waals surface area contributed by atoms with Crippen molar-refractivity contribution in [3.63, 3.8) is 0 Å². The lowest BCUT2D eigenvalue weighted by molar-refractivity contribution is -0.137. The monoisotopic (exact) mass is 323 g/mol. The number of nitrogens with zero attached hydrogens (tertiary/aromatic N) is 1. The van der Waals surface area contributed by atoms with Crippen LogP contribution < -0.4 is 0 Å². The first kappa shape index (κ1) is 11.6. The van der Waals surface area contributed by atoms with Crippen molar-refractivity contribution in [3.8, 4) is 10.6 Å². The lowest BCUT2D eigenvalue weighted by Gasteiger charge is -2.06. The molecule has 6 heteroatoms. The quantitative estimate of drug-likeness (QED) is 0.598. The molecule has 0 amide bonds. The molecule has 0 fully saturated rings. The van der Waals surface area contributed by atoms with Gasteiger partial charge in [0.05, 0.1) is 11.3 Å². The van der Waals surface area contributed by atoms with Crippen LogP contribution in [-0.2, 0) is 16.0 Å². The van der Waals surface area contributed by atoms with E-state index in [0.717, 1.165) is 10.0 Å². The first-order chi connectivity index (χ1) is 8.65. The third kappa shape index (κ3) is 1.87. The van der Waals surface area contributed by atoms with Crippen LogP contribution in [-0.4, -0.2) is 16.9 Å². The van der Waals surface area contributed by atoms with Gasteiger partial charge in [-0.3, -0.25) is 4.79 Å². The van der Waals surface area contributed by atoms with E-state index in [2.05, 4.69) is 25.7 Å². The standard InChI is InChI=1S/C12H6BrNO3S/c13-7-4-2-1-3-6(7)11-14-10-8(18-11)5-9(15)17-12(10)16/h1-4H,5H2. The third-order valence-electron chi connectivity index (χ3n) is 2.51. The molecule has 2 heterocycles. The number of halogens is 1. The maximum atomic E-state index is 11.5. The predicted molar refractivity (Wildman–Crippen MR) is 69.4 cm³/mol. The third-order valence-corrected chi connectivity index (χ3v) is 4.29. The maximum Gasteiger partial charge on any atom is 0.365 e. The lowest BCUT2D eigenvalue weighted by atomic mass is 10.2. The lowest BCUT2D eigenvalue weighted by Crippen LogP contribution is -2.21. The summed E-state index contributed by atoms with van der Waals surface area (Å²) in [6.45, 7) is 0. The summed E-state index contributed by atoms with van der Waals surface area (Å²) in [5.74, 6) is -1.18. The van der Waals surface area contributed by atoms with Gasteiger partial charge in [-0.1, -0.05) is 34.1 Å². The number of hydrogen-bond acceptors (Lipinski definition) is 5. The summed E-state index contributed by atoms with van der Waals surface area (Å²) < 4.78 is 5.45. The minimum atomic E-state index is -0.657. The number of thiazole rings is 1. The molecule has 2 aromatic rings. The van der Waals surface area contributed by atoms with Crippen molar-refractivity contribution in [1.82, 2.24) is 4.98 Å². The van der Waals surface area contributed by atoms with Crippen LogP contribution in [0.15, 0.2) is 28.7 Å². The normalized spacial score (nSPS) is 14.3. The zero-order valence-corrected chi connectivity index (χ0v) is 11.4. The van der Waals surface area contributed by atoms with Gasteiger partial charge in [0, 0.05) is 10.0 Å². The average Bonchev–Trinajstić information content (AvgIpc) is 2.73. The van der Waals surface area contributed by atoms with Crippen LogP contribution in [0.2, 0.25) is 0 Å². The molecular formula is C12H6BrNO3S. The Morgan fingerprint density at radius 2 is 2.06 bits per heavy atom. The number of fused-ring (bicyclic) bond motifs is 1. The van der Waals surface area contributed by atoms with Gasteiger partial charge in [0.2, 0.25) is 0 Å². The summed E-state index contributed by atoms with van der Waals surface area (Å²) in [5.41, 5.74) is 1.16. The second kappa shape index (κ2) is 4.29. The number of esters is 2. The average molecular weight is 324 g/mol. The molecule has 0 spiro atoms. The van der Waals surface area contributed by atoms with Crippen molar-refractivity contribution < 1.29 is 14.3 Å². The summed E-state index contributed by atoms with van der Waals surface area (Å²) in [6, 6.07) is 7.60. The van der Waals surface area contributed by atoms with E-state index in [4.69, 9.17) is 0 Å². The molecule has 1 aromatic heterocycles. The van der Waals surface area contributed by atoms with Crippen molar-refractivity contribution in [2.45, 2.75) is 6.42 Å². The van der Waals surface area contributed by atoms with E-state index in [9.17, 15) is 9.59 Å². The largest absolute Gasteiger partial charge is 0.388 e. The molecule has 0 aliphatic carbocycles. The molecule has 3 rings (SSSR count). The van der Waals surface area contributed by atoms with Crippen LogP contribution in [0.3, 0.4) is 0 Å². The van der Waals surface area contributed by atoms with E-state index in [1.54, 1.807) is 0 Å². The van der Waals surface area contributed by atoms with Crippen LogP contribution in [0.25, 0.3) is 10.6 Å². The highest BCUT2D eigenvalue weighted by Crippen LogP contribution is 2.34. The van der Waals surface area contributed by atoms with Gasteiger partial charge >= 0.3 is 11.9 Å². The molecule has 0 bridgehead atoms. The zero-order valence-electron chi connectivity index (χ0n) is 8.97. The van der Waals surface area contributed by atoms with E-state index < -0.39 is 11.9 Å². The number of cyclic esters (lactones) is 2. The Balaban J connectivity index is 2.12. The summed E-state index contributed by atoms with van der Waals surface area (Å²) >= 11 is 4.78. The Bertz CT molecular complexity index is 665. The number of carbonyl (C=O) groups is 2. The fourth-order valence-corrected chi connectivity index (χ4v) is 3.38. The van der Waals surface area contributed by atoms with Gasteiger partial charge in [-0.25, -0.2) is 9.78 Å². The second-order valence-electron chi connectivity index (χ2n) is 3.71. The van der Waals surface area contributed by atoms with E-state index in [-0.39, 0.29) is 12.1 Å². The summed E-state index contributed by atoms with van der Waals surface area (Å²) in [4.78, 5) is 27.6. The number of ether oxygens (including phenoxy) is 1. The molecule has 1 aliphatic heterocycles. The van der Waals surface area contributed by atoms with Gasteiger partial charge in [0.15, 0.2) is 5.69 Å². The highest BCUT2D eigenvalue weighted by molar-refractivity contribution is 9.10. The van der Waals surface area contributed by atoms with Crippen LogP contribution in [0, 0.1) is 0 Å². The van der Waals surface area contributed by atoms with Crippen molar-refractivity contribution >= 4 is 39.2 Å². The van der Waals surface area contributed by atoms with Crippen molar-refractivity contribution in [3.05, 3.63) is 39.3 Å². The molecule has 0 saturated carbocycles. The Labute approximate surface area is 115 Å². The number of hydrogen-bond donors (Lipinski definition) is 0. The molecule has 0 N–H and O–H groups in total. The van der Waals surface area contributed by atoms with Crippen molar-refractivity contribution in [1.29, 1.82) is 0 Å². The van der Waals surface area contributed by atoms with Gasteiger partial charge in [0.25, 0.3) is 0 Å². The summed E-state index contributed by atoms with van der Waals surface area (Å²) in [7, 11) is 0. The molecule has 1 aliphatic rings. The van der Waals surface area contributed by atoms with E-state index in [0.29, 0.717) is 9.88 Å². The fourth-order valence-electron chi connectivity index (χ4n) is 1.70. The molecule has 1 aromatic carbocycles. The number of aromatic nitrogens is 1. The van der Waals surface area contributed by atoms with Gasteiger partial charge in [0.1, 0.15) is 5.01 Å². The maximum absolute atomic E-state index is 11.5. The smallest absolute Gasteiger partial charge is 0.365 e. The molecule has 0 radical (unpaired) electrons. The van der Waals surface area contributed by atoms with Gasteiger partial charge in [-0.15, -0.1) is 11.3 Å². The number of benzene rings is 1. The molecular weight excluding hydrogens is 318 g/mol. The molecule has 0 atom stereocenters. The molecule has 4 nitrogen and oxygen atoms in total. The SMILES string of the molecule is O=C1Cc2sc(-c3ccccc3Br)nc2C(=O)O1. The fraction of sp³-hybridized carbons (Fsp3) is 0.0833. The van der Waals surface area contributed by atoms with Crippen LogP contribution in [0.1, 0.15) is 15.4 Å². The van der Waals surface area contributed by atoms with Crippen LogP contribution >= 0.6 is 27.3 Å². The van der Waals surface area contributed by atoms with Crippen LogP contribution in [0.4, 0.5) is 0 Å². The summed E-state index contributed by atoms with van der Waals surface area (Å²) in [6.07, 6.45) is 0.114. The van der Waals surface area contributed by atoms with Crippen molar-refractivity contribution in [2.24, 2.45) is 0 Å². The number of carbonyl (C=O) groups excluding carboxylic acids is 2.